The third-order valence-electron chi connectivity index (χ3n) is 3.94. The Labute approximate surface area is 124 Å². The Balaban J connectivity index is 2.48. The maximum absolute atomic E-state index is 12.8. The number of aromatic carboxylic acids is 1. The molecule has 1 unspecified atom stereocenters. The number of hydrogen-bond donors (Lipinski definition) is 1. The fourth-order valence-corrected chi connectivity index (χ4v) is 4.47. The summed E-state index contributed by atoms with van der Waals surface area (Å²) in [5.41, 5.74) is -0.265. The minimum atomic E-state index is -3.87. The van der Waals surface area contributed by atoms with Crippen molar-refractivity contribution in [2.24, 2.45) is 0 Å². The van der Waals surface area contributed by atoms with Crippen molar-refractivity contribution in [3.63, 3.8) is 0 Å². The molecular weight excluding hydrogens is 296 g/mol. The van der Waals surface area contributed by atoms with Gasteiger partial charge in [0.05, 0.1) is 0 Å². The summed E-state index contributed by atoms with van der Waals surface area (Å²) in [5, 5.41) is 9.26. The summed E-state index contributed by atoms with van der Waals surface area (Å²) in [6.07, 6.45) is 0. The molecule has 0 aromatic carbocycles. The molecule has 1 atom stereocenters. The van der Waals surface area contributed by atoms with Crippen LogP contribution in [0.1, 0.15) is 28.8 Å². The third-order valence-corrected chi connectivity index (χ3v) is 5.96. The lowest BCUT2D eigenvalue weighted by Crippen LogP contribution is -2.52. The molecular formula is C13H20N2O5S. The fraction of sp³-hybridized carbons (Fsp3) is 0.615. The Morgan fingerprint density at radius 1 is 1.29 bits per heavy atom. The van der Waals surface area contributed by atoms with Crippen molar-refractivity contribution >= 4 is 16.0 Å². The molecule has 1 aliphatic rings. The molecule has 0 aliphatic carbocycles. The van der Waals surface area contributed by atoms with Gasteiger partial charge in [-0.25, -0.2) is 13.2 Å². The molecule has 1 aromatic heterocycles. The maximum Gasteiger partial charge on any atom is 0.340 e. The Bertz CT molecular complexity index is 664. The van der Waals surface area contributed by atoms with Gasteiger partial charge in [-0.1, -0.05) is 0 Å². The summed E-state index contributed by atoms with van der Waals surface area (Å²) in [6.45, 7) is 6.16. The van der Waals surface area contributed by atoms with Gasteiger partial charge in [0.15, 0.2) is 0 Å². The van der Waals surface area contributed by atoms with Gasteiger partial charge in [0.2, 0.25) is 10.0 Å². The second kappa shape index (κ2) is 5.43. The fourth-order valence-electron chi connectivity index (χ4n) is 2.58. The highest BCUT2D eigenvalue weighted by molar-refractivity contribution is 7.89. The molecule has 0 saturated carbocycles. The number of rotatable bonds is 3. The summed E-state index contributed by atoms with van der Waals surface area (Å²) < 4.78 is 32.1. The molecule has 0 bridgehead atoms. The zero-order valence-corrected chi connectivity index (χ0v) is 13.4. The van der Waals surface area contributed by atoms with Gasteiger partial charge < -0.3 is 14.4 Å². The lowest BCUT2D eigenvalue weighted by molar-refractivity contribution is 0.0691. The van der Waals surface area contributed by atoms with E-state index in [4.69, 9.17) is 4.42 Å². The lowest BCUT2D eigenvalue weighted by atomic mass is 10.2. The van der Waals surface area contributed by atoms with Gasteiger partial charge in [-0.3, -0.25) is 0 Å². The first-order valence-electron chi connectivity index (χ1n) is 6.70. The van der Waals surface area contributed by atoms with Gasteiger partial charge in [0.25, 0.3) is 0 Å². The SMILES string of the molecule is Cc1oc(C)c(S(=O)(=O)N2CCN(C)C(C)C2)c1C(=O)O. The van der Waals surface area contributed by atoms with Crippen LogP contribution in [-0.2, 0) is 10.0 Å². The number of sulfonamides is 1. The maximum atomic E-state index is 12.8. The normalized spacial score (nSPS) is 21.6. The van der Waals surface area contributed by atoms with Crippen LogP contribution in [0.4, 0.5) is 0 Å². The molecule has 1 fully saturated rings. The molecule has 0 spiro atoms. The van der Waals surface area contributed by atoms with Crippen LogP contribution < -0.4 is 0 Å². The topological polar surface area (TPSA) is 91.1 Å². The highest BCUT2D eigenvalue weighted by Gasteiger charge is 2.37. The smallest absolute Gasteiger partial charge is 0.340 e. The van der Waals surface area contributed by atoms with Crippen LogP contribution in [0.25, 0.3) is 0 Å². The van der Waals surface area contributed by atoms with E-state index in [9.17, 15) is 18.3 Å². The molecule has 7 nitrogen and oxygen atoms in total. The van der Waals surface area contributed by atoms with E-state index in [1.807, 2.05) is 14.0 Å². The van der Waals surface area contributed by atoms with Crippen LogP contribution in [0.3, 0.4) is 0 Å². The lowest BCUT2D eigenvalue weighted by Gasteiger charge is -2.36. The van der Waals surface area contributed by atoms with Crippen LogP contribution in [-0.4, -0.2) is 61.4 Å². The van der Waals surface area contributed by atoms with Crippen molar-refractivity contribution in [2.45, 2.75) is 31.7 Å². The van der Waals surface area contributed by atoms with Gasteiger partial charge in [0.1, 0.15) is 22.0 Å². The quantitative estimate of drug-likeness (QED) is 0.891. The average molecular weight is 316 g/mol. The molecule has 118 valence electrons. The predicted molar refractivity (Wildman–Crippen MR) is 76.0 cm³/mol. The molecule has 2 heterocycles. The Hall–Kier alpha value is -1.38. The van der Waals surface area contributed by atoms with Crippen LogP contribution in [0.15, 0.2) is 9.31 Å². The van der Waals surface area contributed by atoms with Gasteiger partial charge in [-0.15, -0.1) is 0 Å². The summed E-state index contributed by atoms with van der Waals surface area (Å²) in [6, 6.07) is 0.0788. The van der Waals surface area contributed by atoms with E-state index in [-0.39, 0.29) is 28.0 Å². The number of aryl methyl sites for hydroxylation is 2. The van der Waals surface area contributed by atoms with Gasteiger partial charge >= 0.3 is 5.97 Å². The van der Waals surface area contributed by atoms with Crippen molar-refractivity contribution in [1.82, 2.24) is 9.21 Å². The molecule has 1 aromatic rings. The van der Waals surface area contributed by atoms with E-state index in [0.717, 1.165) is 0 Å². The van der Waals surface area contributed by atoms with Crippen LogP contribution in [0.2, 0.25) is 0 Å². The van der Waals surface area contributed by atoms with Gasteiger partial charge in [-0.05, 0) is 27.8 Å². The van der Waals surface area contributed by atoms with E-state index in [1.165, 1.54) is 18.2 Å². The second-order valence-corrected chi connectivity index (χ2v) is 7.29. The standard InChI is InChI=1S/C13H20N2O5S/c1-8-7-15(6-5-14(8)4)21(18,19)12-10(3)20-9(2)11(12)13(16)17/h8H,5-7H2,1-4H3,(H,16,17). The second-order valence-electron chi connectivity index (χ2n) is 5.42. The van der Waals surface area contributed by atoms with Crippen LogP contribution in [0.5, 0.6) is 0 Å². The summed E-state index contributed by atoms with van der Waals surface area (Å²) in [4.78, 5) is 13.2. The number of carboxylic acid groups (broad SMARTS) is 1. The molecule has 1 aliphatic heterocycles. The van der Waals surface area contributed by atoms with Crippen molar-refractivity contribution in [3.8, 4) is 0 Å². The number of hydrogen-bond acceptors (Lipinski definition) is 5. The zero-order chi connectivity index (χ0) is 15.9. The summed E-state index contributed by atoms with van der Waals surface area (Å²) >= 11 is 0. The summed E-state index contributed by atoms with van der Waals surface area (Å²) in [7, 11) is -1.94. The Morgan fingerprint density at radius 3 is 2.43 bits per heavy atom. The molecule has 0 radical (unpaired) electrons. The largest absolute Gasteiger partial charge is 0.478 e. The monoisotopic (exact) mass is 316 g/mol. The number of likely N-dealkylation sites (N-methyl/N-ethyl adjacent to an activating group) is 1. The number of carbonyl (C=O) groups is 1. The van der Waals surface area contributed by atoms with E-state index in [1.54, 1.807) is 0 Å². The molecule has 0 amide bonds. The minimum absolute atomic E-state index is 0.0788. The van der Waals surface area contributed by atoms with Gasteiger partial charge in [-0.2, -0.15) is 4.31 Å². The van der Waals surface area contributed by atoms with E-state index in [0.29, 0.717) is 19.6 Å². The van der Waals surface area contributed by atoms with Crippen molar-refractivity contribution in [1.29, 1.82) is 0 Å². The molecule has 1 saturated heterocycles. The number of nitrogens with zero attached hydrogens (tertiary/aromatic N) is 2. The first kappa shape index (κ1) is 16.0. The molecule has 2 rings (SSSR count). The highest BCUT2D eigenvalue weighted by atomic mass is 32.2. The first-order valence-corrected chi connectivity index (χ1v) is 8.14. The van der Waals surface area contributed by atoms with Crippen molar-refractivity contribution < 1.29 is 22.7 Å². The van der Waals surface area contributed by atoms with E-state index >= 15 is 0 Å². The predicted octanol–water partition coefficient (Wildman–Crippen LogP) is 0.919. The van der Waals surface area contributed by atoms with Crippen molar-refractivity contribution in [2.75, 3.05) is 26.7 Å². The third kappa shape index (κ3) is 2.70. The Morgan fingerprint density at radius 2 is 1.90 bits per heavy atom. The van der Waals surface area contributed by atoms with E-state index < -0.39 is 16.0 Å². The van der Waals surface area contributed by atoms with E-state index in [2.05, 4.69) is 4.90 Å². The number of carboxylic acids is 1. The van der Waals surface area contributed by atoms with Crippen molar-refractivity contribution in [3.05, 3.63) is 17.1 Å². The van der Waals surface area contributed by atoms with Crippen LogP contribution in [0, 0.1) is 13.8 Å². The zero-order valence-electron chi connectivity index (χ0n) is 12.6. The molecule has 1 N–H and O–H groups in total. The number of piperazine rings is 1. The molecule has 21 heavy (non-hydrogen) atoms. The average Bonchev–Trinajstić information content (AvgIpc) is 2.68. The Kier molecular flexibility index (Phi) is 4.14. The molecule has 8 heteroatoms. The minimum Gasteiger partial charge on any atom is -0.478 e. The highest BCUT2D eigenvalue weighted by Crippen LogP contribution is 2.30. The number of furan rings is 1. The summed E-state index contributed by atoms with van der Waals surface area (Å²) in [5.74, 6) is -1.05. The van der Waals surface area contributed by atoms with Gasteiger partial charge in [0, 0.05) is 25.7 Å². The van der Waals surface area contributed by atoms with Crippen LogP contribution >= 0.6 is 0 Å². The first-order chi connectivity index (χ1) is 9.66.